The number of aromatic nitrogens is 2. The van der Waals surface area contributed by atoms with Gasteiger partial charge in [0.2, 0.25) is 5.91 Å². The summed E-state index contributed by atoms with van der Waals surface area (Å²) in [6.07, 6.45) is 1.01. The van der Waals surface area contributed by atoms with Gasteiger partial charge in [-0.1, -0.05) is 0 Å². The standard InChI is InChI=1S/C24H34N4O6/c1-6-32-22(30)15-33-18-7-8-19-20(13-18)28(17-9-11-27(12-10-17)16(2)29)21(26-19)14-25-23(31)34-24(3,4)5/h7-8,13,17H,6,9-12,14-15H2,1-5H3,(H,25,31). The number of carbonyl (C=O) groups excluding carboxylic acids is 3. The van der Waals surface area contributed by atoms with E-state index in [1.165, 1.54) is 0 Å². The molecule has 1 fully saturated rings. The van der Waals surface area contributed by atoms with Gasteiger partial charge in [0.15, 0.2) is 6.61 Å². The Morgan fingerprint density at radius 1 is 1.18 bits per heavy atom. The lowest BCUT2D eigenvalue weighted by molar-refractivity contribution is -0.145. The van der Waals surface area contributed by atoms with E-state index < -0.39 is 17.7 Å². The van der Waals surface area contributed by atoms with Crippen LogP contribution in [0.25, 0.3) is 11.0 Å². The number of hydrogen-bond acceptors (Lipinski definition) is 7. The number of hydrogen-bond donors (Lipinski definition) is 1. The molecule has 1 N–H and O–H groups in total. The van der Waals surface area contributed by atoms with Gasteiger partial charge in [-0.25, -0.2) is 14.6 Å². The van der Waals surface area contributed by atoms with Crippen LogP contribution in [0, 0.1) is 0 Å². The third kappa shape index (κ3) is 6.61. The van der Waals surface area contributed by atoms with Crippen LogP contribution in [0.5, 0.6) is 5.75 Å². The first kappa shape index (κ1) is 25.3. The molecule has 1 aromatic carbocycles. The Labute approximate surface area is 199 Å². The first-order valence-corrected chi connectivity index (χ1v) is 11.6. The molecule has 0 radical (unpaired) electrons. The SMILES string of the molecule is CCOC(=O)COc1ccc2nc(CNC(=O)OC(C)(C)C)n(C3CCN(C(C)=O)CC3)c2c1. The van der Waals surface area contributed by atoms with E-state index in [-0.39, 0.29) is 25.1 Å². The van der Waals surface area contributed by atoms with Crippen LogP contribution in [-0.2, 0) is 25.6 Å². The smallest absolute Gasteiger partial charge is 0.408 e. The number of nitrogens with one attached hydrogen (secondary N) is 1. The molecule has 0 atom stereocenters. The van der Waals surface area contributed by atoms with Crippen molar-refractivity contribution in [2.45, 2.75) is 65.6 Å². The molecule has 34 heavy (non-hydrogen) atoms. The summed E-state index contributed by atoms with van der Waals surface area (Å²) in [5.41, 5.74) is 0.983. The average molecular weight is 475 g/mol. The molecule has 2 amide bonds. The number of esters is 1. The van der Waals surface area contributed by atoms with Crippen molar-refractivity contribution in [2.75, 3.05) is 26.3 Å². The predicted molar refractivity (Wildman–Crippen MR) is 125 cm³/mol. The second-order valence-electron chi connectivity index (χ2n) is 9.23. The Morgan fingerprint density at radius 3 is 2.50 bits per heavy atom. The normalized spacial score (nSPS) is 14.7. The lowest BCUT2D eigenvalue weighted by Crippen LogP contribution is -2.38. The van der Waals surface area contributed by atoms with Crippen molar-refractivity contribution in [1.29, 1.82) is 0 Å². The zero-order valence-corrected chi connectivity index (χ0v) is 20.6. The van der Waals surface area contributed by atoms with E-state index in [4.69, 9.17) is 19.2 Å². The third-order valence-electron chi connectivity index (χ3n) is 5.46. The summed E-state index contributed by atoms with van der Waals surface area (Å²) in [5, 5.41) is 2.79. The summed E-state index contributed by atoms with van der Waals surface area (Å²) in [4.78, 5) is 42.3. The fourth-order valence-electron chi connectivity index (χ4n) is 3.99. The maximum atomic E-state index is 12.2. The van der Waals surface area contributed by atoms with Gasteiger partial charge in [-0.2, -0.15) is 0 Å². The molecule has 2 aromatic rings. The fourth-order valence-corrected chi connectivity index (χ4v) is 3.99. The number of amides is 2. The number of fused-ring (bicyclic) bond motifs is 1. The minimum atomic E-state index is -0.602. The molecule has 10 heteroatoms. The topological polar surface area (TPSA) is 112 Å². The number of piperidine rings is 1. The predicted octanol–water partition coefficient (Wildman–Crippen LogP) is 3.19. The molecule has 1 aliphatic rings. The molecule has 1 aliphatic heterocycles. The average Bonchev–Trinajstić information content (AvgIpc) is 3.13. The van der Waals surface area contributed by atoms with Crippen LogP contribution in [0.1, 0.15) is 59.3 Å². The number of nitrogens with zero attached hydrogens (tertiary/aromatic N) is 3. The minimum absolute atomic E-state index is 0.0652. The molecule has 186 valence electrons. The van der Waals surface area contributed by atoms with Gasteiger partial charge in [0.05, 0.1) is 24.2 Å². The van der Waals surface area contributed by atoms with Crippen LogP contribution in [0.4, 0.5) is 4.79 Å². The van der Waals surface area contributed by atoms with Gasteiger partial charge < -0.3 is 29.0 Å². The van der Waals surface area contributed by atoms with E-state index >= 15 is 0 Å². The maximum Gasteiger partial charge on any atom is 0.408 e. The van der Waals surface area contributed by atoms with E-state index in [9.17, 15) is 14.4 Å². The number of ether oxygens (including phenoxy) is 3. The fraction of sp³-hybridized carbons (Fsp3) is 0.583. The van der Waals surface area contributed by atoms with E-state index in [2.05, 4.69) is 9.88 Å². The summed E-state index contributed by atoms with van der Waals surface area (Å²) in [5.74, 6) is 0.838. The van der Waals surface area contributed by atoms with Gasteiger partial charge in [0.25, 0.3) is 0 Å². The van der Waals surface area contributed by atoms with Gasteiger partial charge >= 0.3 is 12.1 Å². The second kappa shape index (κ2) is 10.8. The first-order valence-electron chi connectivity index (χ1n) is 11.6. The van der Waals surface area contributed by atoms with E-state index in [0.717, 1.165) is 23.9 Å². The largest absolute Gasteiger partial charge is 0.482 e. The maximum absolute atomic E-state index is 12.2. The van der Waals surface area contributed by atoms with Crippen molar-refractivity contribution in [3.8, 4) is 5.75 Å². The highest BCUT2D eigenvalue weighted by Gasteiger charge is 2.26. The number of likely N-dealkylation sites (tertiary alicyclic amines) is 1. The van der Waals surface area contributed by atoms with Crippen LogP contribution in [0.2, 0.25) is 0 Å². The lowest BCUT2D eigenvalue weighted by atomic mass is 10.0. The molecule has 0 bridgehead atoms. The summed E-state index contributed by atoms with van der Waals surface area (Å²) in [6, 6.07) is 5.52. The van der Waals surface area contributed by atoms with Crippen molar-refractivity contribution < 1.29 is 28.6 Å². The minimum Gasteiger partial charge on any atom is -0.482 e. The first-order chi connectivity index (χ1) is 16.1. The van der Waals surface area contributed by atoms with E-state index in [1.807, 2.05) is 37.8 Å². The number of alkyl carbamates (subject to hydrolysis) is 1. The molecule has 1 saturated heterocycles. The van der Waals surface area contributed by atoms with Gasteiger partial charge in [-0.05, 0) is 52.7 Å². The van der Waals surface area contributed by atoms with Crippen LogP contribution < -0.4 is 10.1 Å². The van der Waals surface area contributed by atoms with Crippen molar-refractivity contribution in [2.24, 2.45) is 0 Å². The van der Waals surface area contributed by atoms with Crippen molar-refractivity contribution in [3.05, 3.63) is 24.0 Å². The summed E-state index contributed by atoms with van der Waals surface area (Å²) >= 11 is 0. The highest BCUT2D eigenvalue weighted by molar-refractivity contribution is 5.79. The summed E-state index contributed by atoms with van der Waals surface area (Å²) in [7, 11) is 0. The number of imidazole rings is 1. The lowest BCUT2D eigenvalue weighted by Gasteiger charge is -2.33. The Bertz CT molecular complexity index is 1030. The highest BCUT2D eigenvalue weighted by atomic mass is 16.6. The number of benzene rings is 1. The molecule has 0 unspecified atom stereocenters. The molecule has 1 aromatic heterocycles. The van der Waals surface area contributed by atoms with Crippen molar-refractivity contribution >= 4 is 29.0 Å². The number of rotatable bonds is 7. The molecule has 0 spiro atoms. The molecule has 3 rings (SSSR count). The highest BCUT2D eigenvalue weighted by Crippen LogP contribution is 2.31. The second-order valence-corrected chi connectivity index (χ2v) is 9.23. The molecule has 10 nitrogen and oxygen atoms in total. The van der Waals surface area contributed by atoms with Crippen LogP contribution in [0.15, 0.2) is 18.2 Å². The van der Waals surface area contributed by atoms with Crippen LogP contribution in [0.3, 0.4) is 0 Å². The zero-order valence-electron chi connectivity index (χ0n) is 20.6. The van der Waals surface area contributed by atoms with E-state index in [1.54, 1.807) is 19.9 Å². The Hall–Kier alpha value is -3.30. The number of carbonyl (C=O) groups is 3. The molecule has 2 heterocycles. The Balaban J connectivity index is 1.86. The van der Waals surface area contributed by atoms with Crippen LogP contribution >= 0.6 is 0 Å². The van der Waals surface area contributed by atoms with Gasteiger partial charge in [-0.3, -0.25) is 4.79 Å². The van der Waals surface area contributed by atoms with Crippen LogP contribution in [-0.4, -0.2) is 64.3 Å². The van der Waals surface area contributed by atoms with E-state index in [0.29, 0.717) is 31.3 Å². The zero-order chi connectivity index (χ0) is 24.9. The Morgan fingerprint density at radius 2 is 1.88 bits per heavy atom. The summed E-state index contributed by atoms with van der Waals surface area (Å²) in [6.45, 7) is 10.3. The molecule has 0 aliphatic carbocycles. The van der Waals surface area contributed by atoms with Crippen molar-refractivity contribution in [3.63, 3.8) is 0 Å². The Kier molecular flexibility index (Phi) is 8.01. The molecular weight excluding hydrogens is 440 g/mol. The van der Waals surface area contributed by atoms with Gasteiger partial charge in [0.1, 0.15) is 17.2 Å². The summed E-state index contributed by atoms with van der Waals surface area (Å²) < 4.78 is 18.0. The molecular formula is C24H34N4O6. The van der Waals surface area contributed by atoms with Gasteiger partial charge in [-0.15, -0.1) is 0 Å². The monoisotopic (exact) mass is 474 g/mol. The quantitative estimate of drug-likeness (QED) is 0.613. The van der Waals surface area contributed by atoms with Gasteiger partial charge in [0, 0.05) is 32.1 Å². The third-order valence-corrected chi connectivity index (χ3v) is 5.46. The van der Waals surface area contributed by atoms with Crippen molar-refractivity contribution in [1.82, 2.24) is 19.8 Å². The molecule has 0 saturated carbocycles.